The molecule has 0 aliphatic carbocycles. The van der Waals surface area contributed by atoms with Crippen LogP contribution >= 0.6 is 24.0 Å². The fourth-order valence-electron chi connectivity index (χ4n) is 4.07. The number of non-ortho nitro benzene ring substituents is 1. The molecule has 174 valence electrons. The van der Waals surface area contributed by atoms with Gasteiger partial charge in [-0.2, -0.15) is 0 Å². The number of rotatable bonds is 6. The number of amides is 1. The van der Waals surface area contributed by atoms with Crippen LogP contribution in [0.4, 0.5) is 11.4 Å². The second-order valence-electron chi connectivity index (χ2n) is 7.84. The third-order valence-corrected chi connectivity index (χ3v) is 7.03. The van der Waals surface area contributed by atoms with E-state index in [4.69, 9.17) is 17.0 Å². The number of anilines is 1. The van der Waals surface area contributed by atoms with E-state index in [1.165, 1.54) is 28.8 Å². The summed E-state index contributed by atoms with van der Waals surface area (Å²) in [5.41, 5.74) is 3.50. The second-order valence-corrected chi connectivity index (χ2v) is 9.52. The van der Waals surface area contributed by atoms with Crippen LogP contribution in [0.25, 0.3) is 17.0 Å². The lowest BCUT2D eigenvalue weighted by Crippen LogP contribution is -2.27. The third kappa shape index (κ3) is 4.31. The first-order valence-electron chi connectivity index (χ1n) is 10.7. The van der Waals surface area contributed by atoms with Gasteiger partial charge in [0.05, 0.1) is 22.6 Å². The van der Waals surface area contributed by atoms with Crippen LogP contribution in [0.2, 0.25) is 0 Å². The largest absolute Gasteiger partial charge is 0.495 e. The zero-order chi connectivity index (χ0) is 24.5. The molecule has 0 atom stereocenters. The molecular weight excluding hydrogens is 482 g/mol. The molecule has 1 aliphatic heterocycles. The number of fused-ring (bicyclic) bond motifs is 1. The predicted molar refractivity (Wildman–Crippen MR) is 143 cm³/mol. The molecule has 1 saturated heterocycles. The Morgan fingerprint density at radius 1 is 1.06 bits per heavy atom. The first-order chi connectivity index (χ1) is 17.0. The molecule has 9 heteroatoms. The maximum atomic E-state index is 13.3. The van der Waals surface area contributed by atoms with Gasteiger partial charge in [0.25, 0.3) is 11.6 Å². The van der Waals surface area contributed by atoms with Crippen LogP contribution in [-0.2, 0) is 11.3 Å². The van der Waals surface area contributed by atoms with E-state index in [1.807, 2.05) is 54.7 Å². The van der Waals surface area contributed by atoms with E-state index >= 15 is 0 Å². The van der Waals surface area contributed by atoms with E-state index in [0.717, 1.165) is 22.0 Å². The summed E-state index contributed by atoms with van der Waals surface area (Å²) in [6, 6.07) is 21.7. The Hall–Kier alpha value is -3.95. The zero-order valence-corrected chi connectivity index (χ0v) is 20.2. The highest BCUT2D eigenvalue weighted by Gasteiger charge is 2.35. The number of aromatic nitrogens is 1. The molecule has 1 aliphatic rings. The second kappa shape index (κ2) is 9.36. The lowest BCUT2D eigenvalue weighted by atomic mass is 10.1. The smallest absolute Gasteiger partial charge is 0.270 e. The van der Waals surface area contributed by atoms with Crippen LogP contribution in [0.3, 0.4) is 0 Å². The van der Waals surface area contributed by atoms with Gasteiger partial charge < -0.3 is 9.30 Å². The molecule has 35 heavy (non-hydrogen) atoms. The maximum absolute atomic E-state index is 13.3. The van der Waals surface area contributed by atoms with E-state index in [1.54, 1.807) is 25.3 Å². The Kier molecular flexibility index (Phi) is 6.10. The Morgan fingerprint density at radius 2 is 1.77 bits per heavy atom. The molecule has 1 fully saturated rings. The number of nitro groups is 1. The van der Waals surface area contributed by atoms with Gasteiger partial charge in [0.2, 0.25) is 0 Å². The number of hydrogen-bond donors (Lipinski definition) is 0. The van der Waals surface area contributed by atoms with Crippen LogP contribution in [-0.4, -0.2) is 26.8 Å². The molecule has 1 aromatic heterocycles. The molecule has 2 heterocycles. The molecule has 4 aromatic rings. The standard InChI is InChI=1S/C26H19N3O4S2/c1-33-23-9-5-4-8-22(23)28-25(30)24(35-26(28)34)14-18-16-27(21-7-3-2-6-20(18)21)15-17-10-12-19(13-11-17)29(31)32/h2-14,16H,15H2,1H3/b24-14-. The van der Waals surface area contributed by atoms with Crippen molar-refractivity contribution >= 4 is 62.6 Å². The monoisotopic (exact) mass is 501 g/mol. The maximum Gasteiger partial charge on any atom is 0.270 e. The number of ether oxygens (including phenoxy) is 1. The predicted octanol–water partition coefficient (Wildman–Crippen LogP) is 6.01. The van der Waals surface area contributed by atoms with Crippen molar-refractivity contribution in [2.24, 2.45) is 0 Å². The van der Waals surface area contributed by atoms with E-state index < -0.39 is 4.92 Å². The number of nitrogens with zero attached hydrogens (tertiary/aromatic N) is 3. The first kappa shape index (κ1) is 22.8. The van der Waals surface area contributed by atoms with Crippen molar-refractivity contribution in [2.45, 2.75) is 6.54 Å². The van der Waals surface area contributed by atoms with Crippen LogP contribution in [0.15, 0.2) is 83.9 Å². The first-order valence-corrected chi connectivity index (χ1v) is 11.9. The van der Waals surface area contributed by atoms with Gasteiger partial charge in [-0.3, -0.25) is 19.8 Å². The quantitative estimate of drug-likeness (QED) is 0.139. The average Bonchev–Trinajstić information content (AvgIpc) is 3.35. The van der Waals surface area contributed by atoms with Gasteiger partial charge in [0.15, 0.2) is 4.32 Å². The Labute approximate surface area is 210 Å². The van der Waals surface area contributed by atoms with Crippen molar-refractivity contribution < 1.29 is 14.5 Å². The molecule has 5 rings (SSSR count). The number of hydrogen-bond acceptors (Lipinski definition) is 6. The summed E-state index contributed by atoms with van der Waals surface area (Å²) in [7, 11) is 1.56. The number of thioether (sulfide) groups is 1. The number of benzene rings is 3. The molecule has 0 bridgehead atoms. The highest BCUT2D eigenvalue weighted by atomic mass is 32.2. The van der Waals surface area contributed by atoms with Crippen molar-refractivity contribution in [3.8, 4) is 5.75 Å². The van der Waals surface area contributed by atoms with Gasteiger partial charge in [0, 0.05) is 41.3 Å². The van der Waals surface area contributed by atoms with Crippen molar-refractivity contribution in [1.82, 2.24) is 4.57 Å². The van der Waals surface area contributed by atoms with Crippen LogP contribution in [0, 0.1) is 10.1 Å². The number of thiocarbonyl (C=S) groups is 1. The van der Waals surface area contributed by atoms with E-state index in [-0.39, 0.29) is 11.6 Å². The van der Waals surface area contributed by atoms with Crippen LogP contribution in [0.5, 0.6) is 5.75 Å². The summed E-state index contributed by atoms with van der Waals surface area (Å²) in [5.74, 6) is 0.376. The van der Waals surface area contributed by atoms with Gasteiger partial charge in [-0.25, -0.2) is 0 Å². The molecule has 3 aromatic carbocycles. The van der Waals surface area contributed by atoms with E-state index in [9.17, 15) is 14.9 Å². The SMILES string of the molecule is COc1ccccc1N1C(=O)/C(=C/c2cn(Cc3ccc([N+](=O)[O-])cc3)c3ccccc23)SC1=S. The Morgan fingerprint density at radius 3 is 2.51 bits per heavy atom. The van der Waals surface area contributed by atoms with Crippen molar-refractivity contribution in [3.05, 3.63) is 105 Å². The number of methoxy groups -OCH3 is 1. The minimum Gasteiger partial charge on any atom is -0.495 e. The Bertz CT molecular complexity index is 1510. The normalized spacial score (nSPS) is 14.8. The molecular formula is C26H19N3O4S2. The molecule has 1 amide bonds. The molecule has 0 spiro atoms. The minimum absolute atomic E-state index is 0.0591. The number of para-hydroxylation sites is 3. The fraction of sp³-hybridized carbons (Fsp3) is 0.0769. The van der Waals surface area contributed by atoms with Crippen LogP contribution < -0.4 is 9.64 Å². The average molecular weight is 502 g/mol. The van der Waals surface area contributed by atoms with Gasteiger partial charge in [-0.15, -0.1) is 0 Å². The van der Waals surface area contributed by atoms with E-state index in [0.29, 0.717) is 27.2 Å². The summed E-state index contributed by atoms with van der Waals surface area (Å²) < 4.78 is 7.94. The van der Waals surface area contributed by atoms with Crippen molar-refractivity contribution in [3.63, 3.8) is 0 Å². The molecule has 0 N–H and O–H groups in total. The molecule has 7 nitrogen and oxygen atoms in total. The van der Waals surface area contributed by atoms with Gasteiger partial charge in [0.1, 0.15) is 5.75 Å². The highest BCUT2D eigenvalue weighted by Crippen LogP contribution is 2.40. The van der Waals surface area contributed by atoms with Gasteiger partial charge in [-0.05, 0) is 29.8 Å². The summed E-state index contributed by atoms with van der Waals surface area (Å²) in [6.45, 7) is 0.536. The van der Waals surface area contributed by atoms with Gasteiger partial charge >= 0.3 is 0 Å². The van der Waals surface area contributed by atoms with Crippen molar-refractivity contribution in [2.75, 3.05) is 12.0 Å². The van der Waals surface area contributed by atoms with Crippen LogP contribution in [0.1, 0.15) is 11.1 Å². The Balaban J connectivity index is 1.50. The summed E-state index contributed by atoms with van der Waals surface area (Å²) in [4.78, 5) is 25.9. The summed E-state index contributed by atoms with van der Waals surface area (Å²) >= 11 is 6.79. The minimum atomic E-state index is -0.409. The summed E-state index contributed by atoms with van der Waals surface area (Å²) in [6.07, 6.45) is 3.85. The topological polar surface area (TPSA) is 77.6 Å². The molecule has 0 saturated carbocycles. The van der Waals surface area contributed by atoms with E-state index in [2.05, 4.69) is 4.57 Å². The lowest BCUT2D eigenvalue weighted by molar-refractivity contribution is -0.384. The highest BCUT2D eigenvalue weighted by molar-refractivity contribution is 8.27. The number of carbonyl (C=O) groups is 1. The number of nitro benzene ring substituents is 1. The fourth-order valence-corrected chi connectivity index (χ4v) is 5.35. The molecule has 0 unspecified atom stereocenters. The third-order valence-electron chi connectivity index (χ3n) is 5.73. The van der Waals surface area contributed by atoms with Crippen molar-refractivity contribution in [1.29, 1.82) is 0 Å². The lowest BCUT2D eigenvalue weighted by Gasteiger charge is -2.17. The number of carbonyl (C=O) groups excluding carboxylic acids is 1. The van der Waals surface area contributed by atoms with Gasteiger partial charge in [-0.1, -0.05) is 66.4 Å². The summed E-state index contributed by atoms with van der Waals surface area (Å²) in [5, 5.41) is 12.0. The molecule has 0 radical (unpaired) electrons. The zero-order valence-electron chi connectivity index (χ0n) is 18.6.